The van der Waals surface area contributed by atoms with E-state index in [1.54, 1.807) is 25.1 Å². The molecule has 0 aliphatic carbocycles. The normalized spacial score (nSPS) is 13.0. The summed E-state index contributed by atoms with van der Waals surface area (Å²) in [6.07, 6.45) is -0.543. The van der Waals surface area contributed by atoms with E-state index in [9.17, 15) is 5.11 Å². The molecule has 0 aliphatic heterocycles. The standard InChI is InChI=1S/C12H15ClN2O/c1-8(16)12(2,3)15-11-6-4-5-10(13)9(11)7-14/h4-6,8,15-16H,1-3H3. The number of benzene rings is 1. The third kappa shape index (κ3) is 2.66. The van der Waals surface area contributed by atoms with E-state index in [4.69, 9.17) is 16.9 Å². The van der Waals surface area contributed by atoms with E-state index < -0.39 is 11.6 Å². The first-order valence-electron chi connectivity index (χ1n) is 5.03. The number of anilines is 1. The predicted octanol–water partition coefficient (Wildman–Crippen LogP) is 2.78. The van der Waals surface area contributed by atoms with Gasteiger partial charge in [0.25, 0.3) is 0 Å². The van der Waals surface area contributed by atoms with Gasteiger partial charge in [0.2, 0.25) is 0 Å². The van der Waals surface area contributed by atoms with Crippen molar-refractivity contribution in [3.8, 4) is 6.07 Å². The average molecular weight is 239 g/mol. The average Bonchev–Trinajstić information content (AvgIpc) is 2.17. The Kier molecular flexibility index (Phi) is 3.79. The summed E-state index contributed by atoms with van der Waals surface area (Å²) >= 11 is 5.91. The Morgan fingerprint density at radius 3 is 2.62 bits per heavy atom. The Hall–Kier alpha value is -1.24. The van der Waals surface area contributed by atoms with Crippen LogP contribution in [-0.4, -0.2) is 16.7 Å². The molecule has 1 aromatic carbocycles. The van der Waals surface area contributed by atoms with Crippen molar-refractivity contribution < 1.29 is 5.11 Å². The highest BCUT2D eigenvalue weighted by Crippen LogP contribution is 2.26. The molecule has 2 N–H and O–H groups in total. The Morgan fingerprint density at radius 2 is 2.12 bits per heavy atom. The maximum absolute atomic E-state index is 9.60. The fourth-order valence-electron chi connectivity index (χ4n) is 1.19. The van der Waals surface area contributed by atoms with Crippen molar-refractivity contribution in [1.29, 1.82) is 5.26 Å². The number of rotatable bonds is 3. The summed E-state index contributed by atoms with van der Waals surface area (Å²) in [5.41, 5.74) is 0.523. The van der Waals surface area contributed by atoms with E-state index in [2.05, 4.69) is 5.32 Å². The number of aliphatic hydroxyl groups excluding tert-OH is 1. The van der Waals surface area contributed by atoms with Crippen LogP contribution in [0.2, 0.25) is 5.02 Å². The molecule has 0 aliphatic rings. The largest absolute Gasteiger partial charge is 0.391 e. The molecule has 1 atom stereocenters. The summed E-state index contributed by atoms with van der Waals surface area (Å²) in [6, 6.07) is 7.26. The van der Waals surface area contributed by atoms with Crippen molar-refractivity contribution in [2.75, 3.05) is 5.32 Å². The number of hydrogen-bond acceptors (Lipinski definition) is 3. The van der Waals surface area contributed by atoms with Gasteiger partial charge >= 0.3 is 0 Å². The molecule has 0 spiro atoms. The van der Waals surface area contributed by atoms with Gasteiger partial charge in [0.15, 0.2) is 0 Å². The van der Waals surface area contributed by atoms with Crippen molar-refractivity contribution in [3.05, 3.63) is 28.8 Å². The van der Waals surface area contributed by atoms with Crippen LogP contribution in [0.3, 0.4) is 0 Å². The molecule has 1 rings (SSSR count). The predicted molar refractivity (Wildman–Crippen MR) is 65.5 cm³/mol. The van der Waals surface area contributed by atoms with Crippen LogP contribution in [0.4, 0.5) is 5.69 Å². The van der Waals surface area contributed by atoms with Crippen molar-refractivity contribution in [1.82, 2.24) is 0 Å². The molecule has 1 aromatic rings. The Bertz CT molecular complexity index is 422. The zero-order valence-corrected chi connectivity index (χ0v) is 10.3. The molecule has 86 valence electrons. The third-order valence-corrected chi connectivity index (χ3v) is 2.94. The van der Waals surface area contributed by atoms with Crippen LogP contribution in [0.5, 0.6) is 0 Å². The molecule has 0 saturated carbocycles. The lowest BCUT2D eigenvalue weighted by Gasteiger charge is -2.31. The smallest absolute Gasteiger partial charge is 0.103 e. The van der Waals surface area contributed by atoms with Gasteiger partial charge in [-0.2, -0.15) is 5.26 Å². The van der Waals surface area contributed by atoms with E-state index >= 15 is 0 Å². The van der Waals surface area contributed by atoms with Crippen LogP contribution in [0.1, 0.15) is 26.3 Å². The molecule has 3 nitrogen and oxygen atoms in total. The highest BCUT2D eigenvalue weighted by Gasteiger charge is 2.24. The van der Waals surface area contributed by atoms with Gasteiger partial charge in [0.05, 0.1) is 27.9 Å². The molecule has 1 unspecified atom stereocenters. The number of nitrogens with one attached hydrogen (secondary N) is 1. The lowest BCUT2D eigenvalue weighted by atomic mass is 9.97. The molecule has 0 radical (unpaired) electrons. The number of nitrogens with zero attached hydrogens (tertiary/aromatic N) is 1. The summed E-state index contributed by atoms with van der Waals surface area (Å²) < 4.78 is 0. The van der Waals surface area contributed by atoms with Crippen molar-refractivity contribution in [2.45, 2.75) is 32.4 Å². The van der Waals surface area contributed by atoms with E-state index in [0.29, 0.717) is 16.3 Å². The molecule has 16 heavy (non-hydrogen) atoms. The van der Waals surface area contributed by atoms with E-state index in [-0.39, 0.29) is 0 Å². The van der Waals surface area contributed by atoms with Crippen LogP contribution in [0.15, 0.2) is 18.2 Å². The first-order valence-corrected chi connectivity index (χ1v) is 5.41. The van der Waals surface area contributed by atoms with Gasteiger partial charge in [-0.05, 0) is 32.9 Å². The number of hydrogen-bond donors (Lipinski definition) is 2. The second-order valence-electron chi connectivity index (χ2n) is 4.30. The second-order valence-corrected chi connectivity index (χ2v) is 4.70. The number of nitriles is 1. The molecule has 4 heteroatoms. The van der Waals surface area contributed by atoms with Gasteiger partial charge in [0, 0.05) is 0 Å². The maximum atomic E-state index is 9.60. The molecule has 0 aromatic heterocycles. The van der Waals surface area contributed by atoms with Crippen molar-refractivity contribution in [2.24, 2.45) is 0 Å². The highest BCUT2D eigenvalue weighted by molar-refractivity contribution is 6.32. The van der Waals surface area contributed by atoms with Crippen LogP contribution < -0.4 is 5.32 Å². The molecule has 0 bridgehead atoms. The minimum Gasteiger partial charge on any atom is -0.391 e. The lowest BCUT2D eigenvalue weighted by molar-refractivity contribution is 0.133. The summed E-state index contributed by atoms with van der Waals surface area (Å²) in [7, 11) is 0. The zero-order chi connectivity index (χ0) is 12.3. The summed E-state index contributed by atoms with van der Waals surface area (Å²) in [4.78, 5) is 0. The molecule has 0 fully saturated rings. The SMILES string of the molecule is CC(O)C(C)(C)Nc1cccc(Cl)c1C#N. The van der Waals surface area contributed by atoms with Gasteiger partial charge in [-0.1, -0.05) is 17.7 Å². The van der Waals surface area contributed by atoms with E-state index in [1.165, 1.54) is 0 Å². The van der Waals surface area contributed by atoms with Crippen LogP contribution in [0.25, 0.3) is 0 Å². The van der Waals surface area contributed by atoms with Crippen LogP contribution >= 0.6 is 11.6 Å². The van der Waals surface area contributed by atoms with E-state index in [1.807, 2.05) is 19.9 Å². The molecular formula is C12H15ClN2O. The van der Waals surface area contributed by atoms with Crippen molar-refractivity contribution >= 4 is 17.3 Å². The van der Waals surface area contributed by atoms with Gasteiger partial charge in [-0.3, -0.25) is 0 Å². The Morgan fingerprint density at radius 1 is 1.50 bits per heavy atom. The van der Waals surface area contributed by atoms with Crippen LogP contribution in [0, 0.1) is 11.3 Å². The number of aliphatic hydroxyl groups is 1. The summed E-state index contributed by atoms with van der Waals surface area (Å²) in [6.45, 7) is 5.42. The fraction of sp³-hybridized carbons (Fsp3) is 0.417. The Balaban J connectivity index is 3.08. The summed E-state index contributed by atoms with van der Waals surface area (Å²) in [5, 5.41) is 22.1. The minimum atomic E-state index is -0.543. The topological polar surface area (TPSA) is 56.0 Å². The molecule has 0 amide bonds. The second kappa shape index (κ2) is 4.73. The van der Waals surface area contributed by atoms with Crippen molar-refractivity contribution in [3.63, 3.8) is 0 Å². The molecular weight excluding hydrogens is 224 g/mol. The Labute approximate surface area is 101 Å². The monoisotopic (exact) mass is 238 g/mol. The minimum absolute atomic E-state index is 0.401. The highest BCUT2D eigenvalue weighted by atomic mass is 35.5. The lowest BCUT2D eigenvalue weighted by Crippen LogP contribution is -2.42. The van der Waals surface area contributed by atoms with E-state index in [0.717, 1.165) is 0 Å². The van der Waals surface area contributed by atoms with Gasteiger partial charge in [-0.25, -0.2) is 0 Å². The number of halogens is 1. The quantitative estimate of drug-likeness (QED) is 0.852. The maximum Gasteiger partial charge on any atom is 0.103 e. The fourth-order valence-corrected chi connectivity index (χ4v) is 1.41. The third-order valence-electron chi connectivity index (χ3n) is 2.63. The first kappa shape index (κ1) is 12.8. The van der Waals surface area contributed by atoms with Gasteiger partial charge in [0.1, 0.15) is 6.07 Å². The molecule has 0 saturated heterocycles. The van der Waals surface area contributed by atoms with Gasteiger partial charge < -0.3 is 10.4 Å². The molecule has 0 heterocycles. The van der Waals surface area contributed by atoms with Crippen LogP contribution in [-0.2, 0) is 0 Å². The first-order chi connectivity index (χ1) is 7.38. The van der Waals surface area contributed by atoms with Gasteiger partial charge in [-0.15, -0.1) is 0 Å². The zero-order valence-electron chi connectivity index (χ0n) is 9.58. The summed E-state index contributed by atoms with van der Waals surface area (Å²) in [5.74, 6) is 0.